The predicted octanol–water partition coefficient (Wildman–Crippen LogP) is 3.14. The van der Waals surface area contributed by atoms with Gasteiger partial charge in [0, 0.05) is 15.4 Å². The zero-order valence-electron chi connectivity index (χ0n) is 10.7. The Bertz CT molecular complexity index is 516. The molecule has 1 aromatic carbocycles. The molecule has 2 rings (SSSR count). The summed E-state index contributed by atoms with van der Waals surface area (Å²) in [5.74, 6) is 6.53. The molecule has 102 valence electrons. The second-order valence-electron chi connectivity index (χ2n) is 4.31. The van der Waals surface area contributed by atoms with Crippen LogP contribution in [0.2, 0.25) is 0 Å². The number of hydrazine groups is 1. The van der Waals surface area contributed by atoms with Crippen LogP contribution < -0.4 is 16.0 Å². The second kappa shape index (κ2) is 7.05. The molecule has 0 radical (unpaired) electrons. The molecule has 3 nitrogen and oxygen atoms in total. The van der Waals surface area contributed by atoms with Crippen LogP contribution >= 0.6 is 27.3 Å². The van der Waals surface area contributed by atoms with Crippen molar-refractivity contribution in [3.05, 3.63) is 50.6 Å². The summed E-state index contributed by atoms with van der Waals surface area (Å²) in [5.41, 5.74) is 4.09. The first-order chi connectivity index (χ1) is 9.22. The van der Waals surface area contributed by atoms with Crippen LogP contribution in [0.1, 0.15) is 10.4 Å². The van der Waals surface area contributed by atoms with E-state index in [4.69, 9.17) is 10.6 Å². The van der Waals surface area contributed by atoms with Gasteiger partial charge >= 0.3 is 0 Å². The molecule has 1 unspecified atom stereocenters. The van der Waals surface area contributed by atoms with E-state index < -0.39 is 0 Å². The van der Waals surface area contributed by atoms with E-state index in [9.17, 15) is 0 Å². The molecular formula is C14H17BrN2OS. The molecule has 0 saturated carbocycles. The molecule has 5 heteroatoms. The maximum atomic E-state index is 5.67. The van der Waals surface area contributed by atoms with Gasteiger partial charge in [0.15, 0.2) is 0 Å². The van der Waals surface area contributed by atoms with Crippen LogP contribution in [0.5, 0.6) is 5.75 Å². The van der Waals surface area contributed by atoms with Gasteiger partial charge in [-0.25, -0.2) is 0 Å². The highest BCUT2D eigenvalue weighted by atomic mass is 79.9. The van der Waals surface area contributed by atoms with Crippen LogP contribution in [-0.4, -0.2) is 13.2 Å². The van der Waals surface area contributed by atoms with Crippen LogP contribution in [0.25, 0.3) is 0 Å². The molecule has 1 aromatic heterocycles. The van der Waals surface area contributed by atoms with Crippen LogP contribution in [0.4, 0.5) is 0 Å². The highest BCUT2D eigenvalue weighted by molar-refractivity contribution is 9.10. The Morgan fingerprint density at radius 2 is 2.21 bits per heavy atom. The predicted molar refractivity (Wildman–Crippen MR) is 83.5 cm³/mol. The summed E-state index contributed by atoms with van der Waals surface area (Å²) >= 11 is 5.33. The minimum Gasteiger partial charge on any atom is -0.497 e. The van der Waals surface area contributed by atoms with Crippen LogP contribution in [0, 0.1) is 0 Å². The maximum Gasteiger partial charge on any atom is 0.119 e. The van der Waals surface area contributed by atoms with Crippen molar-refractivity contribution in [2.24, 2.45) is 5.84 Å². The average Bonchev–Trinajstić information content (AvgIpc) is 2.93. The Hall–Kier alpha value is -0.880. The third kappa shape index (κ3) is 4.04. The molecule has 0 aliphatic heterocycles. The van der Waals surface area contributed by atoms with E-state index >= 15 is 0 Å². The first kappa shape index (κ1) is 14.5. The van der Waals surface area contributed by atoms with Crippen molar-refractivity contribution in [1.29, 1.82) is 0 Å². The fraction of sp³-hybridized carbons (Fsp3) is 0.286. The van der Waals surface area contributed by atoms with Gasteiger partial charge in [-0.3, -0.25) is 11.3 Å². The van der Waals surface area contributed by atoms with Gasteiger partial charge in [0.05, 0.1) is 7.11 Å². The first-order valence-electron chi connectivity index (χ1n) is 6.04. The summed E-state index contributed by atoms with van der Waals surface area (Å²) in [4.78, 5) is 1.34. The van der Waals surface area contributed by atoms with Crippen molar-refractivity contribution >= 4 is 27.3 Å². The molecule has 2 aromatic rings. The van der Waals surface area contributed by atoms with E-state index in [1.807, 2.05) is 18.2 Å². The van der Waals surface area contributed by atoms with Crippen molar-refractivity contribution in [2.45, 2.75) is 18.9 Å². The van der Waals surface area contributed by atoms with Gasteiger partial charge in [-0.1, -0.05) is 22.0 Å². The van der Waals surface area contributed by atoms with Gasteiger partial charge in [-0.05, 0) is 48.1 Å². The summed E-state index contributed by atoms with van der Waals surface area (Å²) in [6.45, 7) is 0. The number of hydrogen-bond donors (Lipinski definition) is 2. The minimum atomic E-state index is 0.210. The molecule has 3 N–H and O–H groups in total. The number of hydrogen-bond acceptors (Lipinski definition) is 4. The lowest BCUT2D eigenvalue weighted by atomic mass is 10.0. The van der Waals surface area contributed by atoms with Gasteiger partial charge in [0.25, 0.3) is 0 Å². The van der Waals surface area contributed by atoms with E-state index in [1.54, 1.807) is 18.4 Å². The average molecular weight is 341 g/mol. The summed E-state index contributed by atoms with van der Waals surface area (Å²) < 4.78 is 6.34. The standard InChI is InChI=1S/C14H17BrN2OS/c1-18-12-4-5-14(15)10(8-12)7-11(17-16)9-13-3-2-6-19-13/h2-6,8,11,17H,7,9,16H2,1H3. The van der Waals surface area contributed by atoms with Crippen molar-refractivity contribution in [3.63, 3.8) is 0 Å². The third-order valence-corrected chi connectivity index (χ3v) is 4.65. The lowest BCUT2D eigenvalue weighted by molar-refractivity contribution is 0.413. The molecule has 0 aliphatic rings. The Morgan fingerprint density at radius 3 is 2.84 bits per heavy atom. The topological polar surface area (TPSA) is 47.3 Å². The van der Waals surface area contributed by atoms with Gasteiger partial charge in [-0.2, -0.15) is 0 Å². The second-order valence-corrected chi connectivity index (χ2v) is 6.20. The molecule has 1 atom stereocenters. The normalized spacial score (nSPS) is 12.4. The lowest BCUT2D eigenvalue weighted by Gasteiger charge is -2.16. The van der Waals surface area contributed by atoms with Crippen molar-refractivity contribution in [3.8, 4) is 5.75 Å². The third-order valence-electron chi connectivity index (χ3n) is 2.98. The molecule has 0 amide bonds. The van der Waals surface area contributed by atoms with E-state index in [0.717, 1.165) is 23.1 Å². The van der Waals surface area contributed by atoms with E-state index in [0.29, 0.717) is 0 Å². The summed E-state index contributed by atoms with van der Waals surface area (Å²) in [7, 11) is 1.68. The number of halogens is 1. The molecule has 19 heavy (non-hydrogen) atoms. The molecule has 1 heterocycles. The number of methoxy groups -OCH3 is 1. The largest absolute Gasteiger partial charge is 0.497 e. The zero-order chi connectivity index (χ0) is 13.7. The molecule has 0 fully saturated rings. The lowest BCUT2D eigenvalue weighted by Crippen LogP contribution is -2.38. The molecule has 0 spiro atoms. The van der Waals surface area contributed by atoms with Gasteiger partial charge < -0.3 is 4.74 Å². The maximum absolute atomic E-state index is 5.67. The first-order valence-corrected chi connectivity index (χ1v) is 7.71. The van der Waals surface area contributed by atoms with Gasteiger partial charge in [0.2, 0.25) is 0 Å². The number of nitrogens with one attached hydrogen (secondary N) is 1. The van der Waals surface area contributed by atoms with Gasteiger partial charge in [0.1, 0.15) is 5.75 Å². The smallest absolute Gasteiger partial charge is 0.119 e. The fourth-order valence-corrected chi connectivity index (χ4v) is 3.16. The summed E-state index contributed by atoms with van der Waals surface area (Å²) in [6.07, 6.45) is 1.78. The van der Waals surface area contributed by atoms with Gasteiger partial charge in [-0.15, -0.1) is 11.3 Å². The van der Waals surface area contributed by atoms with E-state index in [1.165, 1.54) is 10.4 Å². The van der Waals surface area contributed by atoms with Crippen LogP contribution in [0.3, 0.4) is 0 Å². The van der Waals surface area contributed by atoms with E-state index in [-0.39, 0.29) is 6.04 Å². The molecular weight excluding hydrogens is 324 g/mol. The SMILES string of the molecule is COc1ccc(Br)c(CC(Cc2cccs2)NN)c1. The Labute approximate surface area is 125 Å². The van der Waals surface area contributed by atoms with Crippen molar-refractivity contribution in [1.82, 2.24) is 5.43 Å². The molecule has 0 saturated heterocycles. The Kier molecular flexibility index (Phi) is 5.39. The van der Waals surface area contributed by atoms with Crippen LogP contribution in [-0.2, 0) is 12.8 Å². The number of thiophene rings is 1. The quantitative estimate of drug-likeness (QED) is 0.627. The number of ether oxygens (including phenoxy) is 1. The summed E-state index contributed by atoms with van der Waals surface area (Å²) in [6, 6.07) is 10.4. The monoisotopic (exact) mass is 340 g/mol. The number of nitrogens with two attached hydrogens (primary N) is 1. The fourth-order valence-electron chi connectivity index (χ4n) is 1.96. The van der Waals surface area contributed by atoms with E-state index in [2.05, 4.69) is 38.9 Å². The number of rotatable bonds is 6. The minimum absolute atomic E-state index is 0.210. The number of benzene rings is 1. The highest BCUT2D eigenvalue weighted by Gasteiger charge is 2.12. The Morgan fingerprint density at radius 1 is 1.37 bits per heavy atom. The van der Waals surface area contributed by atoms with Crippen molar-refractivity contribution in [2.75, 3.05) is 7.11 Å². The summed E-state index contributed by atoms with van der Waals surface area (Å²) in [5, 5.41) is 2.09. The Balaban J connectivity index is 2.09. The zero-order valence-corrected chi connectivity index (χ0v) is 13.1. The van der Waals surface area contributed by atoms with Crippen molar-refractivity contribution < 1.29 is 4.74 Å². The van der Waals surface area contributed by atoms with Crippen LogP contribution in [0.15, 0.2) is 40.2 Å². The molecule has 0 bridgehead atoms. The highest BCUT2D eigenvalue weighted by Crippen LogP contribution is 2.24. The molecule has 0 aliphatic carbocycles.